The number of aryl methyl sites for hydroxylation is 2. The minimum Gasteiger partial charge on any atom is -0.480 e. The zero-order chi connectivity index (χ0) is 19.9. The second-order valence-corrected chi connectivity index (χ2v) is 8.00. The van der Waals surface area contributed by atoms with Crippen molar-refractivity contribution in [3.8, 4) is 0 Å². The molecule has 0 aliphatic carbocycles. The van der Waals surface area contributed by atoms with Gasteiger partial charge in [0.1, 0.15) is 6.04 Å². The maximum absolute atomic E-state index is 12.0. The minimum absolute atomic E-state index is 0.0257. The number of hydrogen-bond donors (Lipinski definition) is 3. The van der Waals surface area contributed by atoms with Crippen LogP contribution in [0.15, 0.2) is 12.1 Å². The van der Waals surface area contributed by atoms with E-state index in [1.165, 1.54) is 22.3 Å². The number of hydrogen-bond acceptors (Lipinski definition) is 3. The van der Waals surface area contributed by atoms with Gasteiger partial charge < -0.3 is 10.4 Å². The Kier molecular flexibility index (Phi) is 8.28. The van der Waals surface area contributed by atoms with Gasteiger partial charge in [-0.1, -0.05) is 46.2 Å². The largest absolute Gasteiger partial charge is 0.480 e. The van der Waals surface area contributed by atoms with Crippen LogP contribution in [0.25, 0.3) is 0 Å². The molecule has 0 aliphatic heterocycles. The molecule has 0 heterocycles. The molecule has 5 heteroatoms. The second-order valence-electron chi connectivity index (χ2n) is 8.00. The number of rotatable bonds is 9. The van der Waals surface area contributed by atoms with Crippen molar-refractivity contribution >= 4 is 11.9 Å². The van der Waals surface area contributed by atoms with E-state index in [-0.39, 0.29) is 17.9 Å². The summed E-state index contributed by atoms with van der Waals surface area (Å²) in [6.07, 6.45) is 2.04. The lowest BCUT2D eigenvalue weighted by Gasteiger charge is -2.22. The van der Waals surface area contributed by atoms with Crippen LogP contribution in [-0.4, -0.2) is 36.1 Å². The van der Waals surface area contributed by atoms with Gasteiger partial charge in [0, 0.05) is 6.54 Å². The van der Waals surface area contributed by atoms with E-state index in [9.17, 15) is 9.59 Å². The Labute approximate surface area is 157 Å². The number of amides is 1. The predicted octanol–water partition coefficient (Wildman–Crippen LogP) is 3.10. The number of carbonyl (C=O) groups is 2. The molecule has 0 spiro atoms. The SMILES string of the molecule is CCCC(NCC(=O)NCCc1c(C)cc(C(C)(C)C)cc1C)C(=O)O. The van der Waals surface area contributed by atoms with Crippen molar-refractivity contribution in [1.82, 2.24) is 10.6 Å². The summed E-state index contributed by atoms with van der Waals surface area (Å²) in [6.45, 7) is 13.3. The molecular formula is C21H34N2O3. The molecule has 1 amide bonds. The fraction of sp³-hybridized carbons (Fsp3) is 0.619. The first-order valence-electron chi connectivity index (χ1n) is 9.39. The number of carboxylic acid groups (broad SMARTS) is 1. The fourth-order valence-corrected chi connectivity index (χ4v) is 3.03. The molecule has 1 unspecified atom stereocenters. The normalized spacial score (nSPS) is 12.7. The maximum Gasteiger partial charge on any atom is 0.320 e. The van der Waals surface area contributed by atoms with Crippen LogP contribution in [0.5, 0.6) is 0 Å². The molecule has 0 saturated carbocycles. The van der Waals surface area contributed by atoms with E-state index in [1.54, 1.807) is 0 Å². The number of carboxylic acids is 1. The van der Waals surface area contributed by atoms with Crippen molar-refractivity contribution in [2.45, 2.75) is 72.3 Å². The van der Waals surface area contributed by atoms with Crippen molar-refractivity contribution in [2.24, 2.45) is 0 Å². The number of nitrogens with one attached hydrogen (secondary N) is 2. The third-order valence-corrected chi connectivity index (χ3v) is 4.64. The van der Waals surface area contributed by atoms with Gasteiger partial charge in [-0.15, -0.1) is 0 Å². The van der Waals surface area contributed by atoms with Gasteiger partial charge in [-0.05, 0) is 54.4 Å². The summed E-state index contributed by atoms with van der Waals surface area (Å²) >= 11 is 0. The van der Waals surface area contributed by atoms with Crippen LogP contribution >= 0.6 is 0 Å². The van der Waals surface area contributed by atoms with Crippen LogP contribution in [-0.2, 0) is 21.4 Å². The highest BCUT2D eigenvalue weighted by Crippen LogP contribution is 2.27. The quantitative estimate of drug-likeness (QED) is 0.631. The lowest BCUT2D eigenvalue weighted by molar-refractivity contribution is -0.139. The molecular weight excluding hydrogens is 328 g/mol. The summed E-state index contributed by atoms with van der Waals surface area (Å²) < 4.78 is 0. The molecule has 0 aliphatic rings. The smallest absolute Gasteiger partial charge is 0.320 e. The van der Waals surface area contributed by atoms with E-state index < -0.39 is 12.0 Å². The molecule has 5 nitrogen and oxygen atoms in total. The van der Waals surface area contributed by atoms with Gasteiger partial charge in [0.15, 0.2) is 0 Å². The molecule has 1 atom stereocenters. The van der Waals surface area contributed by atoms with Crippen LogP contribution in [0, 0.1) is 13.8 Å². The van der Waals surface area contributed by atoms with Crippen LogP contribution in [0.4, 0.5) is 0 Å². The van der Waals surface area contributed by atoms with Gasteiger partial charge in [0.25, 0.3) is 0 Å². The van der Waals surface area contributed by atoms with Gasteiger partial charge in [0.2, 0.25) is 5.91 Å². The van der Waals surface area contributed by atoms with Crippen LogP contribution in [0.1, 0.15) is 62.8 Å². The molecule has 0 radical (unpaired) electrons. The lowest BCUT2D eigenvalue weighted by Crippen LogP contribution is -2.43. The molecule has 0 fully saturated rings. The molecule has 0 aromatic heterocycles. The van der Waals surface area contributed by atoms with Crippen LogP contribution in [0.2, 0.25) is 0 Å². The van der Waals surface area contributed by atoms with Crippen molar-refractivity contribution < 1.29 is 14.7 Å². The fourth-order valence-electron chi connectivity index (χ4n) is 3.03. The van der Waals surface area contributed by atoms with E-state index in [0.717, 1.165) is 12.8 Å². The zero-order valence-corrected chi connectivity index (χ0v) is 17.0. The minimum atomic E-state index is -0.912. The average Bonchev–Trinajstić information content (AvgIpc) is 2.52. The van der Waals surface area contributed by atoms with Gasteiger partial charge in [-0.25, -0.2) is 0 Å². The second kappa shape index (κ2) is 9.72. The van der Waals surface area contributed by atoms with Gasteiger partial charge in [-0.3, -0.25) is 14.9 Å². The molecule has 146 valence electrons. The topological polar surface area (TPSA) is 78.4 Å². The third-order valence-electron chi connectivity index (χ3n) is 4.64. The van der Waals surface area contributed by atoms with E-state index in [0.29, 0.717) is 13.0 Å². The Morgan fingerprint density at radius 3 is 2.19 bits per heavy atom. The van der Waals surface area contributed by atoms with Crippen molar-refractivity contribution in [1.29, 1.82) is 0 Å². The average molecular weight is 363 g/mol. The standard InChI is InChI=1S/C21H34N2O3/c1-7-8-18(20(25)26)23-13-19(24)22-10-9-17-14(2)11-16(12-15(17)3)21(4,5)6/h11-12,18,23H,7-10,13H2,1-6H3,(H,22,24)(H,25,26). The highest BCUT2D eigenvalue weighted by molar-refractivity contribution is 5.79. The molecule has 3 N–H and O–H groups in total. The summed E-state index contributed by atoms with van der Waals surface area (Å²) in [6, 6.07) is 3.79. The lowest BCUT2D eigenvalue weighted by atomic mass is 9.83. The third kappa shape index (κ3) is 6.79. The Morgan fingerprint density at radius 1 is 1.15 bits per heavy atom. The Morgan fingerprint density at radius 2 is 1.73 bits per heavy atom. The van der Waals surface area contributed by atoms with E-state index in [2.05, 4.69) is 57.4 Å². The molecule has 1 rings (SSSR count). The predicted molar refractivity (Wildman–Crippen MR) is 106 cm³/mol. The van der Waals surface area contributed by atoms with E-state index >= 15 is 0 Å². The summed E-state index contributed by atoms with van der Waals surface area (Å²) in [5.74, 6) is -1.08. The Bertz CT molecular complexity index is 610. The van der Waals surface area contributed by atoms with E-state index in [4.69, 9.17) is 5.11 Å². The summed E-state index contributed by atoms with van der Waals surface area (Å²) in [5, 5.41) is 14.8. The zero-order valence-electron chi connectivity index (χ0n) is 17.0. The van der Waals surface area contributed by atoms with E-state index in [1.807, 2.05) is 6.92 Å². The van der Waals surface area contributed by atoms with Crippen LogP contribution < -0.4 is 10.6 Å². The highest BCUT2D eigenvalue weighted by atomic mass is 16.4. The Hall–Kier alpha value is -1.88. The monoisotopic (exact) mass is 362 g/mol. The first kappa shape index (κ1) is 22.2. The molecule has 1 aromatic rings. The first-order valence-corrected chi connectivity index (χ1v) is 9.39. The molecule has 0 saturated heterocycles. The molecule has 26 heavy (non-hydrogen) atoms. The van der Waals surface area contributed by atoms with Crippen LogP contribution in [0.3, 0.4) is 0 Å². The highest BCUT2D eigenvalue weighted by Gasteiger charge is 2.17. The Balaban J connectivity index is 2.55. The number of benzene rings is 1. The van der Waals surface area contributed by atoms with Gasteiger partial charge >= 0.3 is 5.97 Å². The van der Waals surface area contributed by atoms with Crippen molar-refractivity contribution in [3.05, 3.63) is 34.4 Å². The molecule has 0 bridgehead atoms. The molecule has 1 aromatic carbocycles. The van der Waals surface area contributed by atoms with Crippen molar-refractivity contribution in [3.63, 3.8) is 0 Å². The van der Waals surface area contributed by atoms with Gasteiger partial charge in [0.05, 0.1) is 6.54 Å². The first-order chi connectivity index (χ1) is 12.1. The van der Waals surface area contributed by atoms with Gasteiger partial charge in [-0.2, -0.15) is 0 Å². The summed E-state index contributed by atoms with van der Waals surface area (Å²) in [7, 11) is 0. The summed E-state index contributed by atoms with van der Waals surface area (Å²) in [4.78, 5) is 23.0. The van der Waals surface area contributed by atoms with Crippen molar-refractivity contribution in [2.75, 3.05) is 13.1 Å². The number of carbonyl (C=O) groups excluding carboxylic acids is 1. The number of aliphatic carboxylic acids is 1. The summed E-state index contributed by atoms with van der Waals surface area (Å²) in [5.41, 5.74) is 5.20. The maximum atomic E-state index is 12.0.